The third-order valence-electron chi connectivity index (χ3n) is 6.07. The van der Waals surface area contributed by atoms with Gasteiger partial charge in [0.15, 0.2) is 0 Å². The van der Waals surface area contributed by atoms with Crippen LogP contribution >= 0.6 is 24.0 Å². The molecule has 3 aromatic carbocycles. The van der Waals surface area contributed by atoms with Crippen molar-refractivity contribution >= 4 is 35.6 Å². The summed E-state index contributed by atoms with van der Waals surface area (Å²) in [6, 6.07) is 25.5. The van der Waals surface area contributed by atoms with Crippen LogP contribution in [0.4, 0.5) is 5.69 Å². The molecular formula is C29H27Cl2N3O2. The van der Waals surface area contributed by atoms with Crippen molar-refractivity contribution in [3.8, 4) is 39.4 Å². The Balaban J connectivity index is 0.00000304. The van der Waals surface area contributed by atoms with E-state index in [-0.39, 0.29) is 24.7 Å². The normalized spacial score (nSPS) is 12.0. The van der Waals surface area contributed by atoms with Gasteiger partial charge in [-0.1, -0.05) is 54.1 Å². The van der Waals surface area contributed by atoms with E-state index >= 15 is 0 Å². The van der Waals surface area contributed by atoms with Crippen molar-refractivity contribution in [2.24, 2.45) is 5.73 Å². The number of nitrogens with two attached hydrogens (primary N) is 1. The minimum absolute atomic E-state index is 0. The van der Waals surface area contributed by atoms with E-state index in [1.165, 1.54) is 0 Å². The van der Waals surface area contributed by atoms with E-state index in [2.05, 4.69) is 5.32 Å². The number of benzene rings is 3. The van der Waals surface area contributed by atoms with Crippen LogP contribution in [0.5, 0.6) is 5.75 Å². The van der Waals surface area contributed by atoms with Gasteiger partial charge in [0.1, 0.15) is 5.75 Å². The second kappa shape index (κ2) is 11.6. The third-order valence-corrected chi connectivity index (χ3v) is 6.31. The van der Waals surface area contributed by atoms with Gasteiger partial charge in [-0.3, -0.25) is 4.79 Å². The van der Waals surface area contributed by atoms with Crippen molar-refractivity contribution in [1.82, 2.24) is 4.98 Å². The summed E-state index contributed by atoms with van der Waals surface area (Å²) in [5.74, 6) is 0.749. The summed E-state index contributed by atoms with van der Waals surface area (Å²) >= 11 is 6.30. The molecule has 3 N–H and O–H groups in total. The first kappa shape index (κ1) is 25.7. The number of pyridine rings is 1. The average Bonchev–Trinajstić information content (AvgIpc) is 3.02. The molecule has 0 aliphatic carbocycles. The first-order valence-corrected chi connectivity index (χ1v) is 12.1. The quantitative estimate of drug-likeness (QED) is 0.264. The Morgan fingerprint density at radius 2 is 1.72 bits per heavy atom. The molecule has 0 saturated carbocycles. The van der Waals surface area contributed by atoms with Crippen LogP contribution in [0.25, 0.3) is 33.6 Å². The Morgan fingerprint density at radius 1 is 0.917 bits per heavy atom. The number of ether oxygens (including phenoxy) is 1. The molecular weight excluding hydrogens is 493 g/mol. The third kappa shape index (κ3) is 5.54. The zero-order chi connectivity index (χ0) is 24.2. The summed E-state index contributed by atoms with van der Waals surface area (Å²) < 4.78 is 5.85. The highest BCUT2D eigenvalue weighted by Crippen LogP contribution is 2.40. The fourth-order valence-electron chi connectivity index (χ4n) is 4.35. The summed E-state index contributed by atoms with van der Waals surface area (Å²) in [5.41, 5.74) is 12.6. The highest BCUT2D eigenvalue weighted by atomic mass is 35.5. The lowest BCUT2D eigenvalue weighted by molar-refractivity contribution is -0.115. The van der Waals surface area contributed by atoms with Crippen LogP contribution in [0.15, 0.2) is 78.9 Å². The number of amides is 1. The Labute approximate surface area is 222 Å². The number of hydrogen-bond donors (Lipinski definition) is 2. The van der Waals surface area contributed by atoms with Crippen LogP contribution in [0.2, 0.25) is 5.02 Å². The Bertz CT molecular complexity index is 1370. The van der Waals surface area contributed by atoms with E-state index in [4.69, 9.17) is 27.1 Å². The molecule has 1 aromatic heterocycles. The molecule has 36 heavy (non-hydrogen) atoms. The number of rotatable bonds is 7. The number of carbonyl (C=O) groups excluding carboxylic acids is 1. The van der Waals surface area contributed by atoms with Crippen LogP contribution in [-0.4, -0.2) is 24.0 Å². The molecule has 5 rings (SSSR count). The van der Waals surface area contributed by atoms with Gasteiger partial charge in [-0.05, 0) is 72.5 Å². The summed E-state index contributed by atoms with van der Waals surface area (Å²) in [7, 11) is 0. The monoisotopic (exact) mass is 519 g/mol. The highest BCUT2D eigenvalue weighted by molar-refractivity contribution is 6.30. The fraction of sp³-hybridized carbons (Fsp3) is 0.172. The number of anilines is 1. The van der Waals surface area contributed by atoms with Crippen molar-refractivity contribution in [1.29, 1.82) is 0 Å². The van der Waals surface area contributed by atoms with Gasteiger partial charge in [0, 0.05) is 16.1 Å². The minimum Gasteiger partial charge on any atom is -0.494 e. The number of para-hydroxylation sites is 1. The summed E-state index contributed by atoms with van der Waals surface area (Å²) in [4.78, 5) is 17.9. The van der Waals surface area contributed by atoms with Gasteiger partial charge in [-0.25, -0.2) is 4.98 Å². The van der Waals surface area contributed by atoms with E-state index in [0.29, 0.717) is 18.2 Å². The standard InChI is InChI=1S/C29H26ClN3O2.ClH/c30-21-7-5-6-20(16-21)27-17-24(19-10-12-22(13-11-19)35-15-4-3-14-31)25-18-28(34)32-26-9-2-1-8-23(26)29(25)33-27;/h1-2,5-13,16-17H,3-4,14-15,18,31H2,(H,32,34);1H. The number of hydrogen-bond acceptors (Lipinski definition) is 4. The van der Waals surface area contributed by atoms with Crippen molar-refractivity contribution in [3.05, 3.63) is 89.4 Å². The molecule has 184 valence electrons. The molecule has 0 unspecified atom stereocenters. The van der Waals surface area contributed by atoms with Gasteiger partial charge >= 0.3 is 0 Å². The van der Waals surface area contributed by atoms with E-state index in [1.807, 2.05) is 78.9 Å². The first-order valence-electron chi connectivity index (χ1n) is 11.7. The van der Waals surface area contributed by atoms with Gasteiger partial charge in [-0.2, -0.15) is 0 Å². The van der Waals surface area contributed by atoms with Gasteiger partial charge < -0.3 is 15.8 Å². The first-order chi connectivity index (χ1) is 17.1. The zero-order valence-electron chi connectivity index (χ0n) is 19.7. The number of unbranched alkanes of at least 4 members (excludes halogenated alkanes) is 1. The summed E-state index contributed by atoms with van der Waals surface area (Å²) in [5, 5.41) is 3.68. The number of fused-ring (bicyclic) bond motifs is 3. The maximum atomic E-state index is 12.8. The maximum Gasteiger partial charge on any atom is 0.228 e. The molecule has 1 aliphatic rings. The van der Waals surface area contributed by atoms with E-state index in [9.17, 15) is 4.79 Å². The summed E-state index contributed by atoms with van der Waals surface area (Å²) in [6.45, 7) is 1.30. The van der Waals surface area contributed by atoms with Crippen LogP contribution < -0.4 is 15.8 Å². The van der Waals surface area contributed by atoms with E-state index < -0.39 is 0 Å². The molecule has 7 heteroatoms. The lowest BCUT2D eigenvalue weighted by Gasteiger charge is -2.16. The van der Waals surface area contributed by atoms with Crippen molar-refractivity contribution < 1.29 is 9.53 Å². The molecule has 1 amide bonds. The van der Waals surface area contributed by atoms with Crippen molar-refractivity contribution in [3.63, 3.8) is 0 Å². The lowest BCUT2D eigenvalue weighted by atomic mass is 9.92. The van der Waals surface area contributed by atoms with Gasteiger partial charge in [0.25, 0.3) is 0 Å². The van der Waals surface area contributed by atoms with Crippen LogP contribution in [0, 0.1) is 0 Å². The Kier molecular flexibility index (Phi) is 8.26. The number of aromatic nitrogens is 1. The maximum absolute atomic E-state index is 12.8. The zero-order valence-corrected chi connectivity index (χ0v) is 21.2. The van der Waals surface area contributed by atoms with Crippen molar-refractivity contribution in [2.75, 3.05) is 18.5 Å². The van der Waals surface area contributed by atoms with Gasteiger partial charge in [0.2, 0.25) is 5.91 Å². The van der Waals surface area contributed by atoms with Gasteiger partial charge in [0.05, 0.1) is 30.1 Å². The van der Waals surface area contributed by atoms with Crippen LogP contribution in [-0.2, 0) is 11.2 Å². The molecule has 0 spiro atoms. The molecule has 5 nitrogen and oxygen atoms in total. The molecule has 0 fully saturated rings. The molecule has 0 atom stereocenters. The largest absolute Gasteiger partial charge is 0.494 e. The smallest absolute Gasteiger partial charge is 0.228 e. The van der Waals surface area contributed by atoms with E-state index in [0.717, 1.165) is 63.5 Å². The Morgan fingerprint density at radius 3 is 2.50 bits per heavy atom. The molecule has 2 heterocycles. The van der Waals surface area contributed by atoms with Crippen LogP contribution in [0.3, 0.4) is 0 Å². The molecule has 0 radical (unpaired) electrons. The number of nitrogens with one attached hydrogen (secondary N) is 1. The number of carbonyl (C=O) groups is 1. The van der Waals surface area contributed by atoms with Crippen molar-refractivity contribution in [2.45, 2.75) is 19.3 Å². The van der Waals surface area contributed by atoms with Crippen LogP contribution in [0.1, 0.15) is 18.4 Å². The predicted molar refractivity (Wildman–Crippen MR) is 149 cm³/mol. The minimum atomic E-state index is -0.0605. The molecule has 4 aromatic rings. The molecule has 1 aliphatic heterocycles. The fourth-order valence-corrected chi connectivity index (χ4v) is 4.54. The molecule has 0 bridgehead atoms. The highest BCUT2D eigenvalue weighted by Gasteiger charge is 2.24. The SMILES string of the molecule is Cl.NCCCCOc1ccc(-c2cc(-c3cccc(Cl)c3)nc3c2CC(=O)Nc2ccccc2-3)cc1. The second-order valence-electron chi connectivity index (χ2n) is 8.53. The second-order valence-corrected chi connectivity index (χ2v) is 8.97. The Hall–Kier alpha value is -3.38. The topological polar surface area (TPSA) is 77.2 Å². The molecule has 0 saturated heterocycles. The average molecular weight is 520 g/mol. The lowest BCUT2D eigenvalue weighted by Crippen LogP contribution is -2.13. The predicted octanol–water partition coefficient (Wildman–Crippen LogP) is 6.77. The number of halogens is 2. The number of nitrogens with zero attached hydrogens (tertiary/aromatic N) is 1. The summed E-state index contributed by atoms with van der Waals surface area (Å²) in [6.07, 6.45) is 2.10. The van der Waals surface area contributed by atoms with E-state index in [1.54, 1.807) is 0 Å². The van der Waals surface area contributed by atoms with Gasteiger partial charge in [-0.15, -0.1) is 12.4 Å².